The van der Waals surface area contributed by atoms with E-state index in [1.807, 2.05) is 25.1 Å². The van der Waals surface area contributed by atoms with Crippen molar-refractivity contribution in [1.82, 2.24) is 5.32 Å². The van der Waals surface area contributed by atoms with Gasteiger partial charge in [-0.2, -0.15) is 0 Å². The number of fused-ring (bicyclic) bond motifs is 1. The largest absolute Gasteiger partial charge is 0.326 e. The molecule has 1 atom stereocenters. The minimum Gasteiger partial charge on any atom is -0.326 e. The number of anilines is 2. The SMILES string of the molecule is CC1(C(=O)Nc2ccc3c(c2)CCC(=O)N3)CCCCN1.Cl. The van der Waals surface area contributed by atoms with Crippen LogP contribution in [0.1, 0.15) is 38.2 Å². The van der Waals surface area contributed by atoms with E-state index >= 15 is 0 Å². The van der Waals surface area contributed by atoms with Gasteiger partial charge in [-0.05, 0) is 62.9 Å². The molecule has 120 valence electrons. The van der Waals surface area contributed by atoms with Gasteiger partial charge in [0.2, 0.25) is 11.8 Å². The number of carbonyl (C=O) groups excluding carboxylic acids is 2. The highest BCUT2D eigenvalue weighted by atomic mass is 35.5. The monoisotopic (exact) mass is 323 g/mol. The third-order valence-electron chi connectivity index (χ3n) is 4.38. The molecule has 5 nitrogen and oxygen atoms in total. The fourth-order valence-electron chi connectivity index (χ4n) is 2.98. The van der Waals surface area contributed by atoms with Crippen LogP contribution in [0.5, 0.6) is 0 Å². The lowest BCUT2D eigenvalue weighted by Crippen LogP contribution is -2.54. The summed E-state index contributed by atoms with van der Waals surface area (Å²) in [5.74, 6) is 0.0696. The predicted molar refractivity (Wildman–Crippen MR) is 89.5 cm³/mol. The van der Waals surface area contributed by atoms with Gasteiger partial charge in [0.15, 0.2) is 0 Å². The first-order chi connectivity index (χ1) is 10.1. The minimum absolute atomic E-state index is 0. The molecular formula is C16H22ClN3O2. The zero-order valence-corrected chi connectivity index (χ0v) is 13.5. The Labute approximate surface area is 136 Å². The number of piperidine rings is 1. The van der Waals surface area contributed by atoms with Gasteiger partial charge in [0.1, 0.15) is 0 Å². The lowest BCUT2D eigenvalue weighted by molar-refractivity contribution is -0.122. The molecule has 2 aliphatic rings. The molecule has 0 saturated carbocycles. The van der Waals surface area contributed by atoms with Crippen LogP contribution in [0.25, 0.3) is 0 Å². The Hall–Kier alpha value is -1.59. The molecule has 1 fully saturated rings. The van der Waals surface area contributed by atoms with Crippen molar-refractivity contribution >= 4 is 35.6 Å². The van der Waals surface area contributed by atoms with E-state index in [1.165, 1.54) is 0 Å². The number of nitrogens with one attached hydrogen (secondary N) is 3. The maximum Gasteiger partial charge on any atom is 0.244 e. The third-order valence-corrected chi connectivity index (χ3v) is 4.38. The van der Waals surface area contributed by atoms with Gasteiger partial charge in [-0.15, -0.1) is 12.4 Å². The summed E-state index contributed by atoms with van der Waals surface area (Å²) in [5.41, 5.74) is 2.24. The Morgan fingerprint density at radius 1 is 1.27 bits per heavy atom. The number of amides is 2. The molecule has 0 aliphatic carbocycles. The zero-order valence-electron chi connectivity index (χ0n) is 12.7. The number of halogens is 1. The molecule has 1 saturated heterocycles. The van der Waals surface area contributed by atoms with E-state index in [0.29, 0.717) is 6.42 Å². The van der Waals surface area contributed by atoms with Gasteiger partial charge >= 0.3 is 0 Å². The Balaban J connectivity index is 0.00000176. The van der Waals surface area contributed by atoms with Crippen molar-refractivity contribution in [3.63, 3.8) is 0 Å². The van der Waals surface area contributed by atoms with Gasteiger partial charge < -0.3 is 16.0 Å². The van der Waals surface area contributed by atoms with E-state index in [-0.39, 0.29) is 24.2 Å². The van der Waals surface area contributed by atoms with E-state index in [0.717, 1.165) is 49.2 Å². The second-order valence-electron chi connectivity index (χ2n) is 6.09. The first-order valence-electron chi connectivity index (χ1n) is 7.56. The van der Waals surface area contributed by atoms with Crippen molar-refractivity contribution in [2.45, 2.75) is 44.6 Å². The Morgan fingerprint density at radius 3 is 2.82 bits per heavy atom. The topological polar surface area (TPSA) is 70.2 Å². The molecule has 3 N–H and O–H groups in total. The number of carbonyl (C=O) groups is 2. The Kier molecular flexibility index (Phi) is 5.08. The molecule has 6 heteroatoms. The van der Waals surface area contributed by atoms with E-state index in [2.05, 4.69) is 16.0 Å². The highest BCUT2D eigenvalue weighted by Crippen LogP contribution is 2.27. The Morgan fingerprint density at radius 2 is 2.09 bits per heavy atom. The standard InChI is InChI=1S/C16H21N3O2.ClH/c1-16(8-2-3-9-17-16)15(21)18-12-5-6-13-11(10-12)4-7-14(20)19-13;/h5-6,10,17H,2-4,7-9H2,1H3,(H,18,21)(H,19,20);1H. The summed E-state index contributed by atoms with van der Waals surface area (Å²) >= 11 is 0. The summed E-state index contributed by atoms with van der Waals surface area (Å²) in [7, 11) is 0. The van der Waals surface area contributed by atoms with Gasteiger partial charge in [0.05, 0.1) is 5.54 Å². The van der Waals surface area contributed by atoms with Crippen LogP contribution >= 0.6 is 12.4 Å². The lowest BCUT2D eigenvalue weighted by atomic mass is 9.90. The molecule has 2 amide bonds. The molecule has 2 aliphatic heterocycles. The number of aryl methyl sites for hydroxylation is 1. The normalized spacial score (nSPS) is 23.8. The van der Waals surface area contributed by atoms with Crippen LogP contribution in [0.15, 0.2) is 18.2 Å². The van der Waals surface area contributed by atoms with Gasteiger partial charge in [0, 0.05) is 17.8 Å². The first-order valence-corrected chi connectivity index (χ1v) is 7.56. The van der Waals surface area contributed by atoms with Crippen LogP contribution in [0.2, 0.25) is 0 Å². The highest BCUT2D eigenvalue weighted by molar-refractivity contribution is 5.99. The average molecular weight is 324 g/mol. The first kappa shape index (κ1) is 16.8. The van der Waals surface area contributed by atoms with Crippen molar-refractivity contribution < 1.29 is 9.59 Å². The molecule has 1 aromatic carbocycles. The zero-order chi connectivity index (χ0) is 14.9. The van der Waals surface area contributed by atoms with Gasteiger partial charge in [-0.25, -0.2) is 0 Å². The summed E-state index contributed by atoms with van der Waals surface area (Å²) < 4.78 is 0. The lowest BCUT2D eigenvalue weighted by Gasteiger charge is -2.33. The predicted octanol–water partition coefficient (Wildman–Crippen LogP) is 2.46. The molecule has 0 aromatic heterocycles. The van der Waals surface area contributed by atoms with Crippen molar-refractivity contribution in [3.8, 4) is 0 Å². The molecule has 0 bridgehead atoms. The molecule has 1 aromatic rings. The van der Waals surface area contributed by atoms with Gasteiger partial charge in [-0.3, -0.25) is 9.59 Å². The van der Waals surface area contributed by atoms with E-state index in [9.17, 15) is 9.59 Å². The number of hydrogen-bond acceptors (Lipinski definition) is 3. The van der Waals surface area contributed by atoms with Crippen molar-refractivity contribution in [1.29, 1.82) is 0 Å². The van der Waals surface area contributed by atoms with Crippen molar-refractivity contribution in [3.05, 3.63) is 23.8 Å². The van der Waals surface area contributed by atoms with E-state index < -0.39 is 5.54 Å². The molecule has 1 unspecified atom stereocenters. The van der Waals surface area contributed by atoms with Crippen LogP contribution in [0.3, 0.4) is 0 Å². The number of rotatable bonds is 2. The smallest absolute Gasteiger partial charge is 0.244 e. The van der Waals surface area contributed by atoms with Crippen molar-refractivity contribution in [2.75, 3.05) is 17.2 Å². The third kappa shape index (κ3) is 3.42. The fourth-order valence-corrected chi connectivity index (χ4v) is 2.98. The summed E-state index contributed by atoms with van der Waals surface area (Å²) in [4.78, 5) is 23.8. The summed E-state index contributed by atoms with van der Waals surface area (Å²) in [5, 5.41) is 9.16. The molecule has 0 spiro atoms. The van der Waals surface area contributed by atoms with Crippen molar-refractivity contribution in [2.24, 2.45) is 0 Å². The van der Waals surface area contributed by atoms with Crippen LogP contribution in [0, 0.1) is 0 Å². The highest BCUT2D eigenvalue weighted by Gasteiger charge is 2.34. The maximum atomic E-state index is 12.5. The molecule has 0 radical (unpaired) electrons. The number of benzene rings is 1. The molecule has 3 rings (SSSR count). The van der Waals surface area contributed by atoms with E-state index in [1.54, 1.807) is 0 Å². The van der Waals surface area contributed by atoms with Crippen LogP contribution in [0.4, 0.5) is 11.4 Å². The molecule has 22 heavy (non-hydrogen) atoms. The fraction of sp³-hybridized carbons (Fsp3) is 0.500. The van der Waals surface area contributed by atoms with Crippen LogP contribution in [-0.4, -0.2) is 23.9 Å². The number of hydrogen-bond donors (Lipinski definition) is 3. The van der Waals surface area contributed by atoms with Gasteiger partial charge in [-0.1, -0.05) is 0 Å². The average Bonchev–Trinajstić information content (AvgIpc) is 2.48. The quantitative estimate of drug-likeness (QED) is 0.783. The molecule has 2 heterocycles. The van der Waals surface area contributed by atoms with Gasteiger partial charge in [0.25, 0.3) is 0 Å². The second-order valence-corrected chi connectivity index (χ2v) is 6.09. The maximum absolute atomic E-state index is 12.5. The van der Waals surface area contributed by atoms with Crippen LogP contribution in [-0.2, 0) is 16.0 Å². The summed E-state index contributed by atoms with van der Waals surface area (Å²) in [6, 6.07) is 5.66. The molecular weight excluding hydrogens is 302 g/mol. The summed E-state index contributed by atoms with van der Waals surface area (Å²) in [6.07, 6.45) is 4.29. The van der Waals surface area contributed by atoms with Crippen LogP contribution < -0.4 is 16.0 Å². The minimum atomic E-state index is -0.484. The van der Waals surface area contributed by atoms with E-state index in [4.69, 9.17) is 0 Å². The second kappa shape index (κ2) is 6.67. The Bertz CT molecular complexity index is 583. The summed E-state index contributed by atoms with van der Waals surface area (Å²) in [6.45, 7) is 2.85.